The maximum Gasteiger partial charge on any atom is 0.408 e. The van der Waals surface area contributed by atoms with Crippen LogP contribution in [0, 0.1) is 6.92 Å². The van der Waals surface area contributed by atoms with Gasteiger partial charge in [0.25, 0.3) is 0 Å². The van der Waals surface area contributed by atoms with Gasteiger partial charge in [0.2, 0.25) is 5.89 Å². The summed E-state index contributed by atoms with van der Waals surface area (Å²) < 4.78 is 10.1. The van der Waals surface area contributed by atoms with Gasteiger partial charge in [0, 0.05) is 0 Å². The molecule has 1 amide bonds. The van der Waals surface area contributed by atoms with Crippen LogP contribution in [0.2, 0.25) is 0 Å². The van der Waals surface area contributed by atoms with E-state index in [2.05, 4.69) is 10.3 Å². The first-order valence-electron chi connectivity index (χ1n) is 5.35. The molecule has 1 rings (SSSR count). The van der Waals surface area contributed by atoms with Crippen LogP contribution >= 0.6 is 0 Å². The fraction of sp³-hybridized carbons (Fsp3) is 0.545. The maximum atomic E-state index is 11.3. The molecule has 1 heterocycles. The zero-order valence-electron chi connectivity index (χ0n) is 10.7. The van der Waals surface area contributed by atoms with Gasteiger partial charge in [-0.05, 0) is 27.7 Å². The third-order valence-electron chi connectivity index (χ3n) is 1.83. The van der Waals surface area contributed by atoms with Gasteiger partial charge in [-0.3, -0.25) is 0 Å². The maximum absolute atomic E-state index is 11.3. The van der Waals surface area contributed by atoms with Gasteiger partial charge in [-0.1, -0.05) is 0 Å². The number of ether oxygens (including phenoxy) is 1. The van der Waals surface area contributed by atoms with E-state index in [9.17, 15) is 9.59 Å². The number of carbonyl (C=O) groups excluding carboxylic acids is 1. The largest absolute Gasteiger partial charge is 0.476 e. The van der Waals surface area contributed by atoms with E-state index in [-0.39, 0.29) is 23.9 Å². The molecule has 2 N–H and O–H groups in total. The molecule has 0 atom stereocenters. The summed E-state index contributed by atoms with van der Waals surface area (Å²) in [5.41, 5.74) is -0.751. The molecule has 7 heteroatoms. The SMILES string of the molecule is Cc1oc(CNC(=O)OC(C)(C)C)nc1C(=O)O. The highest BCUT2D eigenvalue weighted by Crippen LogP contribution is 2.10. The number of rotatable bonds is 3. The minimum absolute atomic E-state index is 0.0248. The van der Waals surface area contributed by atoms with Crippen LogP contribution in [0.4, 0.5) is 4.79 Å². The van der Waals surface area contributed by atoms with Gasteiger partial charge in [0.1, 0.15) is 11.4 Å². The highest BCUT2D eigenvalue weighted by atomic mass is 16.6. The molecule has 1 aromatic heterocycles. The minimum atomic E-state index is -1.17. The number of carbonyl (C=O) groups is 2. The molecule has 0 fully saturated rings. The first-order valence-corrected chi connectivity index (χ1v) is 5.35. The van der Waals surface area contributed by atoms with Gasteiger partial charge >= 0.3 is 12.1 Å². The number of hydrogen-bond acceptors (Lipinski definition) is 5. The molecule has 0 aromatic carbocycles. The van der Waals surface area contributed by atoms with Crippen molar-refractivity contribution >= 4 is 12.1 Å². The molecule has 100 valence electrons. The first kappa shape index (κ1) is 14.0. The molecular weight excluding hydrogens is 240 g/mol. The van der Waals surface area contributed by atoms with E-state index in [1.54, 1.807) is 20.8 Å². The molecule has 0 radical (unpaired) electrons. The van der Waals surface area contributed by atoms with Crippen molar-refractivity contribution in [2.45, 2.75) is 39.8 Å². The summed E-state index contributed by atoms with van der Waals surface area (Å²) in [5.74, 6) is -0.848. The monoisotopic (exact) mass is 256 g/mol. The van der Waals surface area contributed by atoms with Crippen molar-refractivity contribution in [3.05, 3.63) is 17.3 Å². The zero-order valence-corrected chi connectivity index (χ0v) is 10.7. The molecule has 0 saturated carbocycles. The lowest BCUT2D eigenvalue weighted by Crippen LogP contribution is -2.32. The van der Waals surface area contributed by atoms with Crippen LogP contribution in [0.1, 0.15) is 42.9 Å². The van der Waals surface area contributed by atoms with Crippen molar-refractivity contribution in [3.8, 4) is 0 Å². The average Bonchev–Trinajstić information content (AvgIpc) is 2.54. The van der Waals surface area contributed by atoms with Gasteiger partial charge in [0.05, 0.1) is 6.54 Å². The molecule has 0 spiro atoms. The van der Waals surface area contributed by atoms with Gasteiger partial charge in [0.15, 0.2) is 5.69 Å². The predicted octanol–water partition coefficient (Wildman–Crippen LogP) is 1.71. The molecule has 18 heavy (non-hydrogen) atoms. The average molecular weight is 256 g/mol. The van der Waals surface area contributed by atoms with Gasteiger partial charge < -0.3 is 19.6 Å². The van der Waals surface area contributed by atoms with Crippen molar-refractivity contribution in [2.75, 3.05) is 0 Å². The van der Waals surface area contributed by atoms with Crippen molar-refractivity contribution < 1.29 is 23.8 Å². The minimum Gasteiger partial charge on any atom is -0.476 e. The lowest BCUT2D eigenvalue weighted by molar-refractivity contribution is 0.0518. The number of carboxylic acid groups (broad SMARTS) is 1. The Morgan fingerprint density at radius 2 is 2.06 bits per heavy atom. The van der Waals surface area contributed by atoms with Crippen LogP contribution in [0.5, 0.6) is 0 Å². The number of hydrogen-bond donors (Lipinski definition) is 2. The molecule has 0 unspecified atom stereocenters. The van der Waals surface area contributed by atoms with Gasteiger partial charge in [-0.25, -0.2) is 14.6 Å². The number of aromatic nitrogens is 1. The van der Waals surface area contributed by atoms with E-state index < -0.39 is 17.7 Å². The molecule has 7 nitrogen and oxygen atoms in total. The van der Waals surface area contributed by atoms with Gasteiger partial charge in [-0.15, -0.1) is 0 Å². The predicted molar refractivity (Wildman–Crippen MR) is 61.3 cm³/mol. The van der Waals surface area contributed by atoms with E-state index >= 15 is 0 Å². The summed E-state index contributed by atoms with van der Waals surface area (Å²) in [6, 6.07) is 0. The molecule has 0 bridgehead atoms. The fourth-order valence-electron chi connectivity index (χ4n) is 1.19. The number of amides is 1. The Morgan fingerprint density at radius 1 is 1.44 bits per heavy atom. The normalized spacial score (nSPS) is 11.1. The molecule has 0 saturated heterocycles. The topological polar surface area (TPSA) is 102 Å². The molecule has 0 aliphatic carbocycles. The second-order valence-electron chi connectivity index (χ2n) is 4.67. The van der Waals surface area contributed by atoms with Crippen LogP contribution in [0.15, 0.2) is 4.42 Å². The standard InChI is InChI=1S/C11H16N2O5/c1-6-8(9(14)15)13-7(17-6)5-12-10(16)18-11(2,3)4/h5H2,1-4H3,(H,12,16)(H,14,15). The van der Waals surface area contributed by atoms with Crippen LogP contribution in [-0.2, 0) is 11.3 Å². The Balaban J connectivity index is 2.57. The lowest BCUT2D eigenvalue weighted by atomic mass is 10.2. The van der Waals surface area contributed by atoms with E-state index in [4.69, 9.17) is 14.3 Å². The number of aromatic carboxylic acids is 1. The number of nitrogens with zero attached hydrogens (tertiary/aromatic N) is 1. The Labute approximate surface area is 104 Å². The summed E-state index contributed by atoms with van der Waals surface area (Å²) in [6.07, 6.45) is -0.616. The van der Waals surface area contributed by atoms with Crippen molar-refractivity contribution in [3.63, 3.8) is 0 Å². The number of alkyl carbamates (subject to hydrolysis) is 1. The summed E-state index contributed by atoms with van der Waals surface area (Å²) in [4.78, 5) is 25.8. The highest BCUT2D eigenvalue weighted by molar-refractivity contribution is 5.86. The Kier molecular flexibility index (Phi) is 3.95. The van der Waals surface area contributed by atoms with Gasteiger partial charge in [-0.2, -0.15) is 0 Å². The number of aryl methyl sites for hydroxylation is 1. The lowest BCUT2D eigenvalue weighted by Gasteiger charge is -2.19. The smallest absolute Gasteiger partial charge is 0.408 e. The van der Waals surface area contributed by atoms with Crippen LogP contribution in [0.25, 0.3) is 0 Å². The van der Waals surface area contributed by atoms with Crippen molar-refractivity contribution in [2.24, 2.45) is 0 Å². The Morgan fingerprint density at radius 3 is 2.50 bits per heavy atom. The van der Waals surface area contributed by atoms with E-state index in [0.29, 0.717) is 0 Å². The molecule has 0 aliphatic rings. The van der Waals surface area contributed by atoms with E-state index in [1.165, 1.54) is 6.92 Å². The highest BCUT2D eigenvalue weighted by Gasteiger charge is 2.18. The number of oxazole rings is 1. The van der Waals surface area contributed by atoms with Crippen LogP contribution in [0.3, 0.4) is 0 Å². The number of carboxylic acids is 1. The summed E-state index contributed by atoms with van der Waals surface area (Å²) in [5, 5.41) is 11.2. The summed E-state index contributed by atoms with van der Waals surface area (Å²) in [6.45, 7) is 6.69. The van der Waals surface area contributed by atoms with E-state index in [0.717, 1.165) is 0 Å². The first-order chi connectivity index (χ1) is 8.19. The molecular formula is C11H16N2O5. The zero-order chi connectivity index (χ0) is 13.9. The summed E-state index contributed by atoms with van der Waals surface area (Å²) >= 11 is 0. The Hall–Kier alpha value is -2.05. The fourth-order valence-corrected chi connectivity index (χ4v) is 1.19. The third-order valence-corrected chi connectivity index (χ3v) is 1.83. The summed E-state index contributed by atoms with van der Waals surface area (Å²) in [7, 11) is 0. The van der Waals surface area contributed by atoms with E-state index in [1.807, 2.05) is 0 Å². The number of nitrogens with one attached hydrogen (secondary N) is 1. The van der Waals surface area contributed by atoms with Crippen molar-refractivity contribution in [1.82, 2.24) is 10.3 Å². The van der Waals surface area contributed by atoms with Crippen LogP contribution < -0.4 is 5.32 Å². The van der Waals surface area contributed by atoms with Crippen LogP contribution in [-0.4, -0.2) is 27.8 Å². The van der Waals surface area contributed by atoms with Crippen molar-refractivity contribution in [1.29, 1.82) is 0 Å². The quantitative estimate of drug-likeness (QED) is 0.853. The second kappa shape index (κ2) is 5.07. The Bertz CT molecular complexity index is 458. The molecule has 1 aromatic rings. The second-order valence-corrected chi connectivity index (χ2v) is 4.67. The third kappa shape index (κ3) is 4.08. The molecule has 0 aliphatic heterocycles.